The molecule has 2 amide bonds. The van der Waals surface area contributed by atoms with E-state index in [9.17, 15) is 14.7 Å². The number of piperazine rings is 1. The topological polar surface area (TPSA) is 72.9 Å². The Morgan fingerprint density at radius 1 is 0.789 bits per heavy atom. The summed E-state index contributed by atoms with van der Waals surface area (Å²) in [7, 11) is 2.05. The predicted octanol–water partition coefficient (Wildman–Crippen LogP) is 7.63. The second kappa shape index (κ2) is 20.4. The second-order valence-corrected chi connectivity index (χ2v) is 12.0. The third-order valence-corrected chi connectivity index (χ3v) is 8.74. The molecule has 0 aromatic rings. The Hall–Kier alpha value is -1.56. The first-order chi connectivity index (χ1) is 18.5. The lowest BCUT2D eigenvalue weighted by Gasteiger charge is -2.41. The maximum absolute atomic E-state index is 13.0. The Morgan fingerprint density at radius 2 is 1.32 bits per heavy atom. The van der Waals surface area contributed by atoms with Crippen molar-refractivity contribution in [3.63, 3.8) is 0 Å². The Balaban J connectivity index is 1.49. The number of carbonyl (C=O) groups excluding carboxylic acids is 1. The number of hydrogen-bond acceptors (Lipinski definition) is 3. The molecule has 2 N–H and O–H groups in total. The van der Waals surface area contributed by atoms with Crippen molar-refractivity contribution >= 4 is 12.0 Å². The molecule has 1 aliphatic heterocycles. The number of likely N-dealkylation sites (N-methyl/N-ethyl adjacent to an activating group) is 1. The van der Waals surface area contributed by atoms with Crippen LogP contribution < -0.4 is 5.32 Å². The van der Waals surface area contributed by atoms with Gasteiger partial charge in [0.2, 0.25) is 5.91 Å². The van der Waals surface area contributed by atoms with Gasteiger partial charge in [0.1, 0.15) is 0 Å². The summed E-state index contributed by atoms with van der Waals surface area (Å²) in [6, 6.07) is -0.0293. The van der Waals surface area contributed by atoms with Gasteiger partial charge >= 0.3 is 6.09 Å². The Labute approximate surface area is 234 Å². The fourth-order valence-corrected chi connectivity index (χ4v) is 6.28. The first kappa shape index (κ1) is 32.7. The molecule has 0 spiro atoms. The fraction of sp³-hybridized carbons (Fsp3) is 0.875. The molecule has 1 fully saturated rings. The van der Waals surface area contributed by atoms with Crippen molar-refractivity contribution in [2.75, 3.05) is 33.2 Å². The van der Waals surface area contributed by atoms with Crippen LogP contribution in [0.4, 0.5) is 4.79 Å². The molecule has 6 heteroatoms. The van der Waals surface area contributed by atoms with Gasteiger partial charge in [0.15, 0.2) is 0 Å². The number of rotatable bonds is 20. The van der Waals surface area contributed by atoms with Gasteiger partial charge in [0, 0.05) is 38.1 Å². The molecule has 3 atom stereocenters. The lowest BCUT2D eigenvalue weighted by Crippen LogP contribution is -2.54. The lowest BCUT2D eigenvalue weighted by molar-refractivity contribution is -0.127. The zero-order valence-corrected chi connectivity index (χ0v) is 24.8. The minimum Gasteiger partial charge on any atom is -0.465 e. The van der Waals surface area contributed by atoms with Crippen molar-refractivity contribution in [1.82, 2.24) is 15.1 Å². The van der Waals surface area contributed by atoms with Crippen LogP contribution >= 0.6 is 0 Å². The first-order valence-electron chi connectivity index (χ1n) is 16.1. The molecule has 1 saturated heterocycles. The summed E-state index contributed by atoms with van der Waals surface area (Å²) in [6.07, 6.45) is 27.5. The van der Waals surface area contributed by atoms with Crippen LogP contribution in [0.3, 0.4) is 0 Å². The maximum atomic E-state index is 13.0. The van der Waals surface area contributed by atoms with Crippen LogP contribution in [0.5, 0.6) is 0 Å². The average molecular weight is 534 g/mol. The van der Waals surface area contributed by atoms with Crippen molar-refractivity contribution in [2.24, 2.45) is 11.8 Å². The monoisotopic (exact) mass is 533 g/mol. The number of nitrogens with one attached hydrogen (secondary N) is 1. The molecule has 1 aliphatic carbocycles. The molecule has 2 rings (SSSR count). The Bertz CT molecular complexity index is 668. The smallest absolute Gasteiger partial charge is 0.407 e. The number of allylic oxidation sites excluding steroid dienone is 2. The zero-order chi connectivity index (χ0) is 27.4. The van der Waals surface area contributed by atoms with Crippen molar-refractivity contribution in [1.29, 1.82) is 0 Å². The van der Waals surface area contributed by atoms with E-state index in [4.69, 9.17) is 0 Å². The molecule has 2 aliphatic rings. The number of nitrogens with zero attached hydrogens (tertiary/aromatic N) is 2. The van der Waals surface area contributed by atoms with E-state index >= 15 is 0 Å². The molecule has 1 heterocycles. The summed E-state index contributed by atoms with van der Waals surface area (Å²) >= 11 is 0. The highest BCUT2D eigenvalue weighted by molar-refractivity contribution is 5.79. The van der Waals surface area contributed by atoms with Gasteiger partial charge in [-0.1, -0.05) is 115 Å². The van der Waals surface area contributed by atoms with Crippen LogP contribution in [0.15, 0.2) is 12.2 Å². The molecular weight excluding hydrogens is 474 g/mol. The first-order valence-corrected chi connectivity index (χ1v) is 16.1. The third kappa shape index (κ3) is 13.5. The summed E-state index contributed by atoms with van der Waals surface area (Å²) in [5, 5.41) is 12.8. The van der Waals surface area contributed by atoms with Gasteiger partial charge in [-0.25, -0.2) is 4.79 Å². The van der Waals surface area contributed by atoms with Gasteiger partial charge in [-0.2, -0.15) is 0 Å². The van der Waals surface area contributed by atoms with Crippen LogP contribution in [-0.4, -0.2) is 66.2 Å². The van der Waals surface area contributed by atoms with Crippen LogP contribution in [0, 0.1) is 11.8 Å². The molecule has 3 unspecified atom stereocenters. The van der Waals surface area contributed by atoms with E-state index in [0.717, 1.165) is 45.3 Å². The number of unbranched alkanes of at least 4 members (excludes halogenated alkanes) is 15. The average Bonchev–Trinajstić information content (AvgIpc) is 2.90. The predicted molar refractivity (Wildman–Crippen MR) is 159 cm³/mol. The quantitative estimate of drug-likeness (QED) is 0.125. The summed E-state index contributed by atoms with van der Waals surface area (Å²) in [5.74, 6) is 0.333. The Morgan fingerprint density at radius 3 is 1.87 bits per heavy atom. The summed E-state index contributed by atoms with van der Waals surface area (Å²) in [5.41, 5.74) is 0. The highest BCUT2D eigenvalue weighted by atomic mass is 16.4. The summed E-state index contributed by atoms with van der Waals surface area (Å²) in [4.78, 5) is 28.5. The maximum Gasteiger partial charge on any atom is 0.407 e. The van der Waals surface area contributed by atoms with E-state index in [1.807, 2.05) is 0 Å². The molecular formula is C32H59N3O3. The van der Waals surface area contributed by atoms with Gasteiger partial charge in [0.25, 0.3) is 0 Å². The zero-order valence-electron chi connectivity index (χ0n) is 24.8. The van der Waals surface area contributed by atoms with Crippen LogP contribution in [0.1, 0.15) is 129 Å². The van der Waals surface area contributed by atoms with E-state index in [-0.39, 0.29) is 23.8 Å². The summed E-state index contributed by atoms with van der Waals surface area (Å²) in [6.45, 7) is 5.12. The van der Waals surface area contributed by atoms with Crippen LogP contribution in [0.25, 0.3) is 0 Å². The normalized spacial score (nSPS) is 22.1. The minimum absolute atomic E-state index is 0.0293. The van der Waals surface area contributed by atoms with Crippen LogP contribution in [-0.2, 0) is 4.79 Å². The van der Waals surface area contributed by atoms with Crippen LogP contribution in [0.2, 0.25) is 0 Å². The van der Waals surface area contributed by atoms with E-state index in [1.54, 1.807) is 4.90 Å². The van der Waals surface area contributed by atoms with Gasteiger partial charge in [-0.15, -0.1) is 0 Å². The minimum atomic E-state index is -0.834. The fourth-order valence-electron chi connectivity index (χ4n) is 6.28. The number of hydrogen-bond donors (Lipinski definition) is 2. The molecule has 38 heavy (non-hydrogen) atoms. The summed E-state index contributed by atoms with van der Waals surface area (Å²) < 4.78 is 0. The standard InChI is InChI=1S/C32H59N3O3/c1-3-4-5-6-7-8-9-10-11-12-13-14-15-16-17-20-23-33-31(36)30-22-19-18-21-28(30)26-29-27-34(2)24-25-35(29)32(37)38/h18-19,28-30H,3-17,20-27H2,1-2H3,(H,33,36)(H,37,38). The van der Waals surface area contributed by atoms with E-state index in [0.29, 0.717) is 6.54 Å². The highest BCUT2D eigenvalue weighted by Crippen LogP contribution is 2.32. The number of amides is 2. The third-order valence-electron chi connectivity index (χ3n) is 8.74. The SMILES string of the molecule is CCCCCCCCCCCCCCCCCCNC(=O)C1CC=CCC1CC1CN(C)CCN1C(=O)O. The Kier molecular flexibility index (Phi) is 17.5. The van der Waals surface area contributed by atoms with Gasteiger partial charge in [-0.05, 0) is 38.6 Å². The largest absolute Gasteiger partial charge is 0.465 e. The molecule has 220 valence electrons. The molecule has 0 saturated carbocycles. The van der Waals surface area contributed by atoms with Crippen molar-refractivity contribution in [3.05, 3.63) is 12.2 Å². The number of carboxylic acid groups (broad SMARTS) is 1. The van der Waals surface area contributed by atoms with Crippen molar-refractivity contribution in [3.8, 4) is 0 Å². The van der Waals surface area contributed by atoms with Gasteiger partial charge < -0.3 is 20.2 Å². The number of carbonyl (C=O) groups is 2. The van der Waals surface area contributed by atoms with Crippen molar-refractivity contribution in [2.45, 2.75) is 135 Å². The molecule has 0 radical (unpaired) electrons. The molecule has 0 bridgehead atoms. The van der Waals surface area contributed by atoms with E-state index in [2.05, 4.69) is 36.3 Å². The van der Waals surface area contributed by atoms with Gasteiger partial charge in [0.05, 0.1) is 0 Å². The molecule has 6 nitrogen and oxygen atoms in total. The molecule has 0 aromatic carbocycles. The molecule has 0 aromatic heterocycles. The second-order valence-electron chi connectivity index (χ2n) is 12.0. The highest BCUT2D eigenvalue weighted by Gasteiger charge is 2.35. The lowest BCUT2D eigenvalue weighted by atomic mass is 9.78. The van der Waals surface area contributed by atoms with E-state index in [1.165, 1.54) is 96.3 Å². The van der Waals surface area contributed by atoms with Gasteiger partial charge in [-0.3, -0.25) is 4.79 Å². The van der Waals surface area contributed by atoms with Crippen molar-refractivity contribution < 1.29 is 14.7 Å². The van der Waals surface area contributed by atoms with E-state index < -0.39 is 6.09 Å².